The zero-order valence-corrected chi connectivity index (χ0v) is 11.0. The van der Waals surface area contributed by atoms with E-state index in [1.54, 1.807) is 0 Å². The van der Waals surface area contributed by atoms with Crippen molar-refractivity contribution in [2.75, 3.05) is 6.54 Å². The number of aryl methyl sites for hydroxylation is 2. The van der Waals surface area contributed by atoms with E-state index in [2.05, 4.69) is 39.8 Å². The molecule has 0 radical (unpaired) electrons. The van der Waals surface area contributed by atoms with Gasteiger partial charge in [0.25, 0.3) is 0 Å². The highest BCUT2D eigenvalue weighted by atomic mass is 15.5. The van der Waals surface area contributed by atoms with Crippen LogP contribution >= 0.6 is 0 Å². The van der Waals surface area contributed by atoms with Crippen LogP contribution in [0.1, 0.15) is 42.1 Å². The summed E-state index contributed by atoms with van der Waals surface area (Å²) in [6, 6.07) is 8.61. The second-order valence-corrected chi connectivity index (χ2v) is 5.05. The lowest BCUT2D eigenvalue weighted by Gasteiger charge is -2.11. The first-order valence-electron chi connectivity index (χ1n) is 6.94. The number of nitrogens with zero attached hydrogens (tertiary/aromatic N) is 4. The number of aromatic nitrogens is 4. The monoisotopic (exact) mass is 257 g/mol. The van der Waals surface area contributed by atoms with Gasteiger partial charge < -0.3 is 5.73 Å². The Morgan fingerprint density at radius 1 is 1.26 bits per heavy atom. The second-order valence-electron chi connectivity index (χ2n) is 5.05. The lowest BCUT2D eigenvalue weighted by atomic mass is 10.0. The molecule has 1 heterocycles. The third-order valence-electron chi connectivity index (χ3n) is 3.83. The molecule has 100 valence electrons. The summed E-state index contributed by atoms with van der Waals surface area (Å²) in [6.07, 6.45) is 4.27. The van der Waals surface area contributed by atoms with Gasteiger partial charge in [0.05, 0.1) is 0 Å². The molecule has 0 amide bonds. The minimum atomic E-state index is 0.351. The van der Waals surface area contributed by atoms with Gasteiger partial charge in [-0.25, -0.2) is 4.68 Å². The van der Waals surface area contributed by atoms with Gasteiger partial charge in [-0.1, -0.05) is 24.3 Å². The zero-order chi connectivity index (χ0) is 13.1. The van der Waals surface area contributed by atoms with Crippen LogP contribution in [0.3, 0.4) is 0 Å². The minimum absolute atomic E-state index is 0.351. The van der Waals surface area contributed by atoms with E-state index in [0.717, 1.165) is 44.6 Å². The molecule has 1 aliphatic carbocycles. The first-order chi connectivity index (χ1) is 9.40. The third-order valence-corrected chi connectivity index (χ3v) is 3.83. The number of nitrogens with two attached hydrogens (primary N) is 1. The van der Waals surface area contributed by atoms with Gasteiger partial charge in [0.1, 0.15) is 0 Å². The van der Waals surface area contributed by atoms with Gasteiger partial charge in [0, 0.05) is 12.5 Å². The highest BCUT2D eigenvalue weighted by molar-refractivity contribution is 5.38. The zero-order valence-electron chi connectivity index (χ0n) is 11.0. The summed E-state index contributed by atoms with van der Waals surface area (Å²) < 4.78 is 1.95. The Hall–Kier alpha value is -1.75. The number of unbranched alkanes of at least 4 members (excludes halogenated alkanes) is 1. The highest BCUT2D eigenvalue weighted by Crippen LogP contribution is 2.36. The molecule has 2 aromatic rings. The van der Waals surface area contributed by atoms with Crippen molar-refractivity contribution in [3.63, 3.8) is 0 Å². The van der Waals surface area contributed by atoms with E-state index >= 15 is 0 Å². The summed E-state index contributed by atoms with van der Waals surface area (Å²) in [5.41, 5.74) is 8.35. The summed E-state index contributed by atoms with van der Waals surface area (Å²) in [7, 11) is 0. The van der Waals surface area contributed by atoms with E-state index in [1.807, 2.05) is 4.68 Å². The Balaban J connectivity index is 1.82. The molecular formula is C14H19N5. The van der Waals surface area contributed by atoms with Gasteiger partial charge in [-0.2, -0.15) is 0 Å². The van der Waals surface area contributed by atoms with Gasteiger partial charge in [-0.05, 0) is 53.8 Å². The molecule has 1 aromatic heterocycles. The number of hydrogen-bond acceptors (Lipinski definition) is 4. The van der Waals surface area contributed by atoms with Crippen LogP contribution < -0.4 is 5.73 Å². The van der Waals surface area contributed by atoms with Crippen molar-refractivity contribution in [2.45, 2.75) is 38.1 Å². The maximum Gasteiger partial charge on any atom is 0.158 e. The number of benzene rings is 1. The van der Waals surface area contributed by atoms with Crippen molar-refractivity contribution in [1.29, 1.82) is 0 Å². The van der Waals surface area contributed by atoms with Crippen LogP contribution in [-0.2, 0) is 13.0 Å². The summed E-state index contributed by atoms with van der Waals surface area (Å²) in [6.45, 7) is 1.59. The summed E-state index contributed by atoms with van der Waals surface area (Å²) in [5, 5.41) is 12.2. The van der Waals surface area contributed by atoms with Gasteiger partial charge in [-0.15, -0.1) is 5.10 Å². The highest BCUT2D eigenvalue weighted by Gasteiger charge is 2.27. The van der Waals surface area contributed by atoms with E-state index < -0.39 is 0 Å². The first-order valence-corrected chi connectivity index (χ1v) is 6.94. The standard InChI is InChI=1S/C14H19N5/c15-9-3-4-10-19-14(16-17-18-19)13-8-7-11-5-1-2-6-12(11)13/h1-2,5-6,13H,3-4,7-10,15H2. The second kappa shape index (κ2) is 5.48. The van der Waals surface area contributed by atoms with Crippen LogP contribution in [0.4, 0.5) is 0 Å². The van der Waals surface area contributed by atoms with Crippen LogP contribution in [-0.4, -0.2) is 26.8 Å². The summed E-state index contributed by atoms with van der Waals surface area (Å²) in [5.74, 6) is 1.35. The molecular weight excluding hydrogens is 238 g/mol. The van der Waals surface area contributed by atoms with E-state index in [9.17, 15) is 0 Å². The van der Waals surface area contributed by atoms with Crippen LogP contribution in [0.25, 0.3) is 0 Å². The normalized spacial score (nSPS) is 17.6. The quantitative estimate of drug-likeness (QED) is 0.824. The van der Waals surface area contributed by atoms with Crippen molar-refractivity contribution in [1.82, 2.24) is 20.2 Å². The SMILES string of the molecule is NCCCCn1nnnc1C1CCc2ccccc21. The lowest BCUT2D eigenvalue weighted by Crippen LogP contribution is -2.11. The van der Waals surface area contributed by atoms with E-state index in [-0.39, 0.29) is 0 Å². The Morgan fingerprint density at radius 3 is 3.05 bits per heavy atom. The minimum Gasteiger partial charge on any atom is -0.330 e. The van der Waals surface area contributed by atoms with E-state index in [1.165, 1.54) is 11.1 Å². The van der Waals surface area contributed by atoms with Crippen LogP contribution in [0.5, 0.6) is 0 Å². The molecule has 0 aliphatic heterocycles. The molecule has 1 aromatic carbocycles. The van der Waals surface area contributed by atoms with Crippen molar-refractivity contribution in [3.8, 4) is 0 Å². The fraction of sp³-hybridized carbons (Fsp3) is 0.500. The molecule has 0 saturated heterocycles. The fourth-order valence-corrected chi connectivity index (χ4v) is 2.85. The number of fused-ring (bicyclic) bond motifs is 1. The van der Waals surface area contributed by atoms with Crippen LogP contribution in [0.2, 0.25) is 0 Å². The molecule has 5 nitrogen and oxygen atoms in total. The molecule has 0 saturated carbocycles. The Labute approximate surface area is 112 Å². The molecule has 2 N–H and O–H groups in total. The Kier molecular flexibility index (Phi) is 3.55. The number of tetrazole rings is 1. The van der Waals surface area contributed by atoms with E-state index in [4.69, 9.17) is 5.73 Å². The molecule has 1 aliphatic rings. The lowest BCUT2D eigenvalue weighted by molar-refractivity contribution is 0.513. The largest absolute Gasteiger partial charge is 0.330 e. The maximum absolute atomic E-state index is 5.53. The van der Waals surface area contributed by atoms with Gasteiger partial charge in [0.2, 0.25) is 0 Å². The smallest absolute Gasteiger partial charge is 0.158 e. The van der Waals surface area contributed by atoms with Crippen molar-refractivity contribution in [2.24, 2.45) is 5.73 Å². The topological polar surface area (TPSA) is 69.6 Å². The fourth-order valence-electron chi connectivity index (χ4n) is 2.85. The van der Waals surface area contributed by atoms with Crippen LogP contribution in [0, 0.1) is 0 Å². The third kappa shape index (κ3) is 2.38. The maximum atomic E-state index is 5.53. The molecule has 1 atom stereocenters. The van der Waals surface area contributed by atoms with Crippen LogP contribution in [0.15, 0.2) is 24.3 Å². The molecule has 3 rings (SSSR count). The molecule has 0 spiro atoms. The number of hydrogen-bond donors (Lipinski definition) is 1. The summed E-state index contributed by atoms with van der Waals surface area (Å²) in [4.78, 5) is 0. The molecule has 0 fully saturated rings. The average Bonchev–Trinajstić information content (AvgIpc) is 3.04. The van der Waals surface area contributed by atoms with Gasteiger partial charge in [0.15, 0.2) is 5.82 Å². The first kappa shape index (κ1) is 12.3. The van der Waals surface area contributed by atoms with Crippen molar-refractivity contribution >= 4 is 0 Å². The van der Waals surface area contributed by atoms with Crippen molar-refractivity contribution < 1.29 is 0 Å². The van der Waals surface area contributed by atoms with E-state index in [0.29, 0.717) is 5.92 Å². The average molecular weight is 257 g/mol. The Morgan fingerprint density at radius 2 is 2.16 bits per heavy atom. The predicted molar refractivity (Wildman–Crippen MR) is 72.7 cm³/mol. The summed E-state index contributed by atoms with van der Waals surface area (Å²) >= 11 is 0. The van der Waals surface area contributed by atoms with Crippen molar-refractivity contribution in [3.05, 3.63) is 41.2 Å². The van der Waals surface area contributed by atoms with Gasteiger partial charge >= 0.3 is 0 Å². The molecule has 1 unspecified atom stereocenters. The molecule has 5 heteroatoms. The molecule has 0 bridgehead atoms. The molecule has 19 heavy (non-hydrogen) atoms. The number of rotatable bonds is 5. The Bertz CT molecular complexity index is 548. The predicted octanol–water partition coefficient (Wildman–Crippen LogP) is 1.49. The van der Waals surface area contributed by atoms with Gasteiger partial charge in [-0.3, -0.25) is 0 Å².